The number of benzene rings is 2. The standard InChI is InChI=1S/C29H26ClF2N3O4S/c30-20-3-1-19(23(32)12-20)16-39-25-11-18(2-4-22(25)31)17-5-8-34(9-6-17)15-27-33-24-13-26(29(36)37)40-28(24)35(27)14-21-7-10-38-21/h1-5,11-13,21H,6-10,14-16H2,(H,36,37)/t21-/m0/s1. The quantitative estimate of drug-likeness (QED) is 0.245. The minimum absolute atomic E-state index is 0.0659. The van der Waals surface area contributed by atoms with E-state index in [1.807, 2.05) is 0 Å². The molecule has 40 heavy (non-hydrogen) atoms. The van der Waals surface area contributed by atoms with Crippen LogP contribution in [0.1, 0.15) is 39.5 Å². The van der Waals surface area contributed by atoms with E-state index in [9.17, 15) is 18.7 Å². The third kappa shape index (κ3) is 5.62. The fourth-order valence-electron chi connectivity index (χ4n) is 4.93. The average Bonchev–Trinajstić information content (AvgIpc) is 3.45. The number of hydrogen-bond acceptors (Lipinski definition) is 6. The molecule has 0 unspecified atom stereocenters. The van der Waals surface area contributed by atoms with Crippen molar-refractivity contribution in [2.75, 3.05) is 19.7 Å². The lowest BCUT2D eigenvalue weighted by molar-refractivity contribution is -0.0591. The molecule has 2 aliphatic heterocycles. The van der Waals surface area contributed by atoms with Gasteiger partial charge in [-0.05, 0) is 54.3 Å². The summed E-state index contributed by atoms with van der Waals surface area (Å²) in [5.41, 5.74) is 2.93. The number of carboxylic acid groups (broad SMARTS) is 1. The number of fused-ring (bicyclic) bond motifs is 1. The van der Waals surface area contributed by atoms with Gasteiger partial charge in [0.25, 0.3) is 0 Å². The van der Waals surface area contributed by atoms with Gasteiger partial charge in [-0.15, -0.1) is 11.3 Å². The van der Waals surface area contributed by atoms with Gasteiger partial charge in [-0.2, -0.15) is 0 Å². The summed E-state index contributed by atoms with van der Waals surface area (Å²) in [7, 11) is 0. The molecule has 1 N–H and O–H groups in total. The monoisotopic (exact) mass is 585 g/mol. The van der Waals surface area contributed by atoms with Crippen LogP contribution in [0.4, 0.5) is 8.78 Å². The summed E-state index contributed by atoms with van der Waals surface area (Å²) >= 11 is 7.05. The molecule has 1 fully saturated rings. The lowest BCUT2D eigenvalue weighted by Gasteiger charge is -2.29. The van der Waals surface area contributed by atoms with Crippen molar-refractivity contribution in [3.8, 4) is 5.75 Å². The zero-order valence-corrected chi connectivity index (χ0v) is 23.0. The number of ether oxygens (including phenoxy) is 2. The number of thiophene rings is 1. The summed E-state index contributed by atoms with van der Waals surface area (Å²) in [5.74, 6) is -1.00. The van der Waals surface area contributed by atoms with Crippen LogP contribution in [-0.4, -0.2) is 51.3 Å². The van der Waals surface area contributed by atoms with Gasteiger partial charge in [-0.3, -0.25) is 4.90 Å². The van der Waals surface area contributed by atoms with Crippen molar-refractivity contribution >= 4 is 44.8 Å². The number of nitrogens with zero attached hydrogens (tertiary/aromatic N) is 3. The van der Waals surface area contributed by atoms with Crippen molar-refractivity contribution < 1.29 is 28.2 Å². The molecule has 208 valence electrons. The third-order valence-corrected chi connectivity index (χ3v) is 8.62. The lowest BCUT2D eigenvalue weighted by atomic mass is 9.99. The molecule has 4 aromatic rings. The van der Waals surface area contributed by atoms with E-state index in [0.29, 0.717) is 30.7 Å². The summed E-state index contributed by atoms with van der Waals surface area (Å²) < 4.78 is 42.0. The number of carbonyl (C=O) groups is 1. The first-order valence-electron chi connectivity index (χ1n) is 13.0. The molecule has 2 aromatic carbocycles. The topological polar surface area (TPSA) is 76.8 Å². The van der Waals surface area contributed by atoms with Gasteiger partial charge in [0.2, 0.25) is 0 Å². The van der Waals surface area contributed by atoms with Crippen LogP contribution in [0, 0.1) is 11.6 Å². The molecule has 7 nitrogen and oxygen atoms in total. The van der Waals surface area contributed by atoms with Gasteiger partial charge in [0, 0.05) is 30.3 Å². The van der Waals surface area contributed by atoms with Crippen molar-refractivity contribution in [3.05, 3.63) is 87.0 Å². The SMILES string of the molecule is O=C(O)c1cc2nc(CN3CC=C(c4ccc(F)c(OCc5ccc(Cl)cc5F)c4)CC3)n(C[C@@H]3CCO3)c2s1. The van der Waals surface area contributed by atoms with Crippen LogP contribution < -0.4 is 4.74 Å². The molecular weight excluding hydrogens is 560 g/mol. The zero-order valence-electron chi connectivity index (χ0n) is 21.4. The van der Waals surface area contributed by atoms with E-state index in [2.05, 4.69) is 15.5 Å². The van der Waals surface area contributed by atoms with Crippen LogP contribution in [0.2, 0.25) is 5.02 Å². The van der Waals surface area contributed by atoms with Gasteiger partial charge >= 0.3 is 5.97 Å². The molecule has 0 amide bonds. The highest BCUT2D eigenvalue weighted by Crippen LogP contribution is 2.31. The van der Waals surface area contributed by atoms with Crippen LogP contribution in [0.15, 0.2) is 48.5 Å². The Morgan fingerprint density at radius 3 is 2.75 bits per heavy atom. The van der Waals surface area contributed by atoms with Crippen molar-refractivity contribution in [2.45, 2.75) is 38.6 Å². The van der Waals surface area contributed by atoms with Gasteiger partial charge in [0.15, 0.2) is 11.6 Å². The summed E-state index contributed by atoms with van der Waals surface area (Å²) in [4.78, 5) is 19.7. The molecule has 1 atom stereocenters. The van der Waals surface area contributed by atoms with Crippen LogP contribution in [0.3, 0.4) is 0 Å². The van der Waals surface area contributed by atoms with E-state index in [4.69, 9.17) is 26.1 Å². The Morgan fingerprint density at radius 1 is 1.20 bits per heavy atom. The Morgan fingerprint density at radius 2 is 2.05 bits per heavy atom. The highest BCUT2D eigenvalue weighted by molar-refractivity contribution is 7.20. The second kappa shape index (κ2) is 11.3. The van der Waals surface area contributed by atoms with E-state index < -0.39 is 17.6 Å². The number of rotatable bonds is 9. The third-order valence-electron chi connectivity index (χ3n) is 7.25. The maximum absolute atomic E-state index is 14.5. The molecule has 2 aromatic heterocycles. The van der Waals surface area contributed by atoms with Crippen molar-refractivity contribution in [1.82, 2.24) is 14.5 Å². The highest BCUT2D eigenvalue weighted by Gasteiger charge is 2.25. The van der Waals surface area contributed by atoms with Crippen molar-refractivity contribution in [3.63, 3.8) is 0 Å². The van der Waals surface area contributed by atoms with E-state index in [0.717, 1.165) is 47.8 Å². The number of carboxylic acids is 1. The van der Waals surface area contributed by atoms with E-state index in [1.54, 1.807) is 24.3 Å². The summed E-state index contributed by atoms with van der Waals surface area (Å²) in [5, 5.41) is 9.69. The Balaban J connectivity index is 1.15. The number of imidazole rings is 1. The van der Waals surface area contributed by atoms with E-state index in [-0.39, 0.29) is 28.4 Å². The first-order chi connectivity index (χ1) is 19.3. The molecule has 2 aliphatic rings. The van der Waals surface area contributed by atoms with Gasteiger partial charge in [-0.25, -0.2) is 18.6 Å². The molecule has 0 bridgehead atoms. The minimum atomic E-state index is -0.948. The predicted molar refractivity (Wildman–Crippen MR) is 149 cm³/mol. The summed E-state index contributed by atoms with van der Waals surface area (Å²) in [6.07, 6.45) is 3.96. The normalized spacial score (nSPS) is 17.6. The second-order valence-corrected chi connectivity index (χ2v) is 11.4. The number of halogens is 3. The molecule has 0 radical (unpaired) electrons. The maximum atomic E-state index is 14.5. The lowest BCUT2D eigenvalue weighted by Crippen LogP contribution is -2.33. The number of aromatic carboxylic acids is 1. The van der Waals surface area contributed by atoms with Gasteiger partial charge in [0.05, 0.1) is 19.2 Å². The Bertz CT molecular complexity index is 1610. The fraction of sp³-hybridized carbons (Fsp3) is 0.310. The molecule has 1 saturated heterocycles. The van der Waals surface area contributed by atoms with E-state index >= 15 is 0 Å². The van der Waals surface area contributed by atoms with Gasteiger partial charge < -0.3 is 19.1 Å². The fourth-order valence-corrected chi connectivity index (χ4v) is 6.06. The number of aromatic nitrogens is 2. The average molecular weight is 586 g/mol. The van der Waals surface area contributed by atoms with Gasteiger partial charge in [0.1, 0.15) is 33.5 Å². The van der Waals surface area contributed by atoms with Crippen LogP contribution in [0.25, 0.3) is 15.9 Å². The number of hydrogen-bond donors (Lipinski definition) is 1. The predicted octanol–water partition coefficient (Wildman–Crippen LogP) is 6.38. The van der Waals surface area contributed by atoms with Crippen LogP contribution in [-0.2, 0) is 24.4 Å². The zero-order chi connectivity index (χ0) is 27.8. The maximum Gasteiger partial charge on any atom is 0.346 e. The molecular formula is C29H26ClF2N3O4S. The van der Waals surface area contributed by atoms with Gasteiger partial charge in [-0.1, -0.05) is 29.8 Å². The summed E-state index contributed by atoms with van der Waals surface area (Å²) in [6.45, 7) is 3.36. The molecule has 4 heterocycles. The molecule has 0 aliphatic carbocycles. The van der Waals surface area contributed by atoms with Crippen molar-refractivity contribution in [2.24, 2.45) is 0 Å². The summed E-state index contributed by atoms with van der Waals surface area (Å²) in [6, 6.07) is 10.7. The minimum Gasteiger partial charge on any atom is -0.486 e. The Labute approximate surface area is 238 Å². The highest BCUT2D eigenvalue weighted by atomic mass is 35.5. The smallest absolute Gasteiger partial charge is 0.346 e. The first kappa shape index (κ1) is 26.9. The van der Waals surface area contributed by atoms with Crippen molar-refractivity contribution in [1.29, 1.82) is 0 Å². The molecule has 6 rings (SSSR count). The van der Waals surface area contributed by atoms with Crippen LogP contribution >= 0.6 is 22.9 Å². The first-order valence-corrected chi connectivity index (χ1v) is 14.2. The molecule has 11 heteroatoms. The second-order valence-electron chi connectivity index (χ2n) is 9.91. The molecule has 0 spiro atoms. The Kier molecular flexibility index (Phi) is 7.59. The van der Waals surface area contributed by atoms with E-state index in [1.165, 1.54) is 29.5 Å². The molecule has 0 saturated carbocycles. The van der Waals surface area contributed by atoms with Crippen LogP contribution in [0.5, 0.6) is 5.75 Å². The largest absolute Gasteiger partial charge is 0.486 e. The Hall–Kier alpha value is -3.31.